The minimum absolute atomic E-state index is 0.0900. The summed E-state index contributed by atoms with van der Waals surface area (Å²) in [6.45, 7) is 6.12. The lowest BCUT2D eigenvalue weighted by atomic mass is 9.78. The van der Waals surface area contributed by atoms with Crippen LogP contribution in [-0.4, -0.2) is 67.1 Å². The average Bonchev–Trinajstić information content (AvgIpc) is 3.46. The van der Waals surface area contributed by atoms with Crippen LogP contribution in [0.5, 0.6) is 5.75 Å². The molecule has 3 aliphatic heterocycles. The van der Waals surface area contributed by atoms with Crippen molar-refractivity contribution < 1.29 is 14.3 Å². The number of hydrogen-bond donors (Lipinski definition) is 3. The smallest absolute Gasteiger partial charge is 0.325 e. The van der Waals surface area contributed by atoms with Crippen molar-refractivity contribution in [3.8, 4) is 5.75 Å². The van der Waals surface area contributed by atoms with Gasteiger partial charge in [-0.05, 0) is 68.5 Å². The molecule has 2 aromatic carbocycles. The zero-order valence-corrected chi connectivity index (χ0v) is 21.2. The molecule has 3 amide bonds. The number of carbonyl (C=O) groups excluding carboxylic acids is 2. The minimum atomic E-state index is -0.827. The Labute approximate surface area is 213 Å². The summed E-state index contributed by atoms with van der Waals surface area (Å²) >= 11 is 0. The number of methoxy groups -OCH3 is 1. The maximum absolute atomic E-state index is 13.4. The third-order valence-electron chi connectivity index (χ3n) is 8.23. The van der Waals surface area contributed by atoms with E-state index in [0.29, 0.717) is 24.9 Å². The van der Waals surface area contributed by atoms with Crippen molar-refractivity contribution in [1.29, 1.82) is 0 Å². The van der Waals surface area contributed by atoms with Crippen molar-refractivity contribution in [2.24, 2.45) is 11.8 Å². The lowest BCUT2D eigenvalue weighted by Gasteiger charge is -2.40. The summed E-state index contributed by atoms with van der Waals surface area (Å²) in [5.74, 6) is 1.33. The molecule has 3 aliphatic rings. The highest BCUT2D eigenvalue weighted by Gasteiger charge is 2.52. The SMILES string of the molecule is COc1ccc(CCN2C(=O)NC(C)(C3CCN(CC4CNNC4c4ccccc4)CC3)C2=O)cc1. The van der Waals surface area contributed by atoms with Crippen LogP contribution in [0, 0.1) is 11.8 Å². The Kier molecular flexibility index (Phi) is 7.27. The molecule has 0 aromatic heterocycles. The zero-order valence-electron chi connectivity index (χ0n) is 21.2. The molecule has 3 fully saturated rings. The van der Waals surface area contributed by atoms with E-state index in [0.717, 1.165) is 50.3 Å². The van der Waals surface area contributed by atoms with E-state index >= 15 is 0 Å². The van der Waals surface area contributed by atoms with E-state index in [4.69, 9.17) is 4.74 Å². The number of imide groups is 1. The van der Waals surface area contributed by atoms with Crippen molar-refractivity contribution >= 4 is 11.9 Å². The van der Waals surface area contributed by atoms with Gasteiger partial charge in [-0.15, -0.1) is 0 Å². The largest absolute Gasteiger partial charge is 0.497 e. The second kappa shape index (κ2) is 10.6. The van der Waals surface area contributed by atoms with Crippen LogP contribution in [-0.2, 0) is 11.2 Å². The molecular formula is C28H37N5O3. The second-order valence-electron chi connectivity index (χ2n) is 10.4. The Hall–Kier alpha value is -2.94. The molecule has 3 N–H and O–H groups in total. The second-order valence-corrected chi connectivity index (χ2v) is 10.4. The normalized spacial score (nSPS) is 27.4. The Morgan fingerprint density at radius 3 is 2.44 bits per heavy atom. The molecule has 0 bridgehead atoms. The molecule has 0 radical (unpaired) electrons. The molecule has 36 heavy (non-hydrogen) atoms. The highest BCUT2D eigenvalue weighted by Crippen LogP contribution is 2.34. The number of rotatable bonds is 8. The van der Waals surface area contributed by atoms with E-state index in [9.17, 15) is 9.59 Å². The van der Waals surface area contributed by atoms with E-state index in [1.165, 1.54) is 10.5 Å². The van der Waals surface area contributed by atoms with Crippen LogP contribution in [0.15, 0.2) is 54.6 Å². The van der Waals surface area contributed by atoms with E-state index in [1.807, 2.05) is 31.2 Å². The fourth-order valence-electron chi connectivity index (χ4n) is 5.97. The fraction of sp³-hybridized carbons (Fsp3) is 0.500. The van der Waals surface area contributed by atoms with Gasteiger partial charge in [0.15, 0.2) is 0 Å². The van der Waals surface area contributed by atoms with Crippen LogP contribution in [0.4, 0.5) is 4.79 Å². The molecule has 8 nitrogen and oxygen atoms in total. The number of urea groups is 1. The Morgan fingerprint density at radius 2 is 1.75 bits per heavy atom. The lowest BCUT2D eigenvalue weighted by molar-refractivity contribution is -0.133. The third-order valence-corrected chi connectivity index (χ3v) is 8.23. The molecule has 3 saturated heterocycles. The fourth-order valence-corrected chi connectivity index (χ4v) is 5.97. The quantitative estimate of drug-likeness (QED) is 0.493. The lowest BCUT2D eigenvalue weighted by Crippen LogP contribution is -2.54. The highest BCUT2D eigenvalue weighted by molar-refractivity contribution is 6.07. The van der Waals surface area contributed by atoms with Crippen LogP contribution in [0.25, 0.3) is 0 Å². The van der Waals surface area contributed by atoms with Gasteiger partial charge < -0.3 is 15.0 Å². The number of benzene rings is 2. The van der Waals surface area contributed by atoms with Gasteiger partial charge in [0.05, 0.1) is 13.2 Å². The van der Waals surface area contributed by atoms with Gasteiger partial charge >= 0.3 is 6.03 Å². The molecule has 8 heteroatoms. The number of amides is 3. The Balaban J connectivity index is 1.15. The number of hydrogen-bond acceptors (Lipinski definition) is 6. The summed E-state index contributed by atoms with van der Waals surface area (Å²) in [6.07, 6.45) is 2.43. The van der Waals surface area contributed by atoms with Gasteiger partial charge in [-0.1, -0.05) is 42.5 Å². The van der Waals surface area contributed by atoms with Gasteiger partial charge in [0, 0.05) is 25.6 Å². The Morgan fingerprint density at radius 1 is 1.03 bits per heavy atom. The number of carbonyl (C=O) groups is 2. The van der Waals surface area contributed by atoms with Crippen LogP contribution >= 0.6 is 0 Å². The Bertz CT molecular complexity index is 1050. The first-order valence-electron chi connectivity index (χ1n) is 13.0. The van der Waals surface area contributed by atoms with Gasteiger partial charge in [0.25, 0.3) is 5.91 Å². The first-order valence-corrected chi connectivity index (χ1v) is 13.0. The summed E-state index contributed by atoms with van der Waals surface area (Å²) < 4.78 is 5.21. The van der Waals surface area contributed by atoms with Crippen molar-refractivity contribution in [2.75, 3.05) is 39.8 Å². The molecule has 192 valence electrons. The molecule has 3 heterocycles. The summed E-state index contributed by atoms with van der Waals surface area (Å²) in [5.41, 5.74) is 8.33. The molecule has 0 saturated carbocycles. The van der Waals surface area contributed by atoms with Crippen molar-refractivity contribution in [2.45, 2.75) is 37.8 Å². The van der Waals surface area contributed by atoms with E-state index in [1.54, 1.807) is 7.11 Å². The van der Waals surface area contributed by atoms with Gasteiger partial charge in [-0.2, -0.15) is 0 Å². The molecule has 2 aromatic rings. The number of nitrogens with one attached hydrogen (secondary N) is 3. The molecule has 3 atom stereocenters. The van der Waals surface area contributed by atoms with Crippen molar-refractivity contribution in [3.63, 3.8) is 0 Å². The predicted molar refractivity (Wildman–Crippen MR) is 138 cm³/mol. The topological polar surface area (TPSA) is 85.9 Å². The van der Waals surface area contributed by atoms with Gasteiger partial charge in [0.2, 0.25) is 0 Å². The van der Waals surface area contributed by atoms with Gasteiger partial charge in [-0.25, -0.2) is 10.2 Å². The molecule has 0 aliphatic carbocycles. The first kappa shape index (κ1) is 24.7. The summed E-state index contributed by atoms with van der Waals surface area (Å²) in [6, 6.07) is 18.4. The first-order chi connectivity index (χ1) is 17.5. The molecule has 3 unspecified atom stereocenters. The van der Waals surface area contributed by atoms with E-state index < -0.39 is 5.54 Å². The number of piperidine rings is 1. The average molecular weight is 492 g/mol. The maximum atomic E-state index is 13.4. The summed E-state index contributed by atoms with van der Waals surface area (Å²) in [4.78, 5) is 30.1. The summed E-state index contributed by atoms with van der Waals surface area (Å²) in [5, 5.41) is 3.05. The van der Waals surface area contributed by atoms with E-state index in [2.05, 4.69) is 51.4 Å². The maximum Gasteiger partial charge on any atom is 0.325 e. The molecule has 5 rings (SSSR count). The number of ether oxygens (including phenoxy) is 1. The predicted octanol–water partition coefficient (Wildman–Crippen LogP) is 2.73. The number of likely N-dealkylation sites (tertiary alicyclic amines) is 1. The summed E-state index contributed by atoms with van der Waals surface area (Å²) in [7, 11) is 1.64. The van der Waals surface area contributed by atoms with Crippen molar-refractivity contribution in [3.05, 3.63) is 65.7 Å². The van der Waals surface area contributed by atoms with Crippen LogP contribution in [0.3, 0.4) is 0 Å². The monoisotopic (exact) mass is 491 g/mol. The van der Waals surface area contributed by atoms with Crippen molar-refractivity contribution in [1.82, 2.24) is 26.0 Å². The number of hydrazine groups is 1. The van der Waals surface area contributed by atoms with E-state index in [-0.39, 0.29) is 17.9 Å². The zero-order chi connectivity index (χ0) is 25.1. The standard InChI is InChI=1S/C28H37N5O3/c1-28(26(34)33(27(35)30-28)17-12-20-8-10-24(36-2)11-9-20)23-13-15-32(16-14-23)19-22-18-29-31-25(22)21-6-4-3-5-7-21/h3-11,22-23,25,29,31H,12-19H2,1-2H3,(H,30,35). The number of nitrogens with zero attached hydrogens (tertiary/aromatic N) is 2. The molecule has 0 spiro atoms. The van der Waals surface area contributed by atoms with Gasteiger partial charge in [-0.3, -0.25) is 15.1 Å². The van der Waals surface area contributed by atoms with Crippen LogP contribution in [0.1, 0.15) is 36.9 Å². The highest BCUT2D eigenvalue weighted by atomic mass is 16.5. The minimum Gasteiger partial charge on any atom is -0.497 e. The third kappa shape index (κ3) is 4.98. The van der Waals surface area contributed by atoms with Crippen LogP contribution < -0.4 is 20.9 Å². The van der Waals surface area contributed by atoms with Gasteiger partial charge in [0.1, 0.15) is 11.3 Å². The van der Waals surface area contributed by atoms with Crippen LogP contribution in [0.2, 0.25) is 0 Å². The molecular weight excluding hydrogens is 454 g/mol.